The van der Waals surface area contributed by atoms with Crippen molar-refractivity contribution < 1.29 is 4.79 Å². The van der Waals surface area contributed by atoms with Crippen LogP contribution >= 0.6 is 11.3 Å². The standard InChI is InChI=1S/C20H16N4O2S/c25-19-11-10-16(23-24(19)14-6-2-1-3-7-14)20(26)21-13-12-18-22-15-8-4-5-9-17(15)27-18/h1-11H,12-13H2,(H,21,26). The van der Waals surface area contributed by atoms with Crippen LogP contribution in [0.4, 0.5) is 0 Å². The fourth-order valence-electron chi connectivity index (χ4n) is 2.69. The summed E-state index contributed by atoms with van der Waals surface area (Å²) in [5, 5.41) is 7.99. The van der Waals surface area contributed by atoms with Gasteiger partial charge in [0.25, 0.3) is 11.5 Å². The van der Waals surface area contributed by atoms with Gasteiger partial charge < -0.3 is 5.32 Å². The first-order valence-corrected chi connectivity index (χ1v) is 9.31. The topological polar surface area (TPSA) is 76.9 Å². The summed E-state index contributed by atoms with van der Waals surface area (Å²) in [6.45, 7) is 0.449. The van der Waals surface area contributed by atoms with Crippen LogP contribution in [0.3, 0.4) is 0 Å². The first kappa shape index (κ1) is 17.1. The van der Waals surface area contributed by atoms with E-state index in [-0.39, 0.29) is 17.2 Å². The van der Waals surface area contributed by atoms with E-state index in [4.69, 9.17) is 0 Å². The maximum absolute atomic E-state index is 12.4. The Hall–Kier alpha value is -3.32. The van der Waals surface area contributed by atoms with Crippen LogP contribution in [0, 0.1) is 0 Å². The van der Waals surface area contributed by atoms with Crippen LogP contribution in [0.1, 0.15) is 15.5 Å². The van der Waals surface area contributed by atoms with Gasteiger partial charge in [-0.25, -0.2) is 4.98 Å². The molecule has 0 fully saturated rings. The number of rotatable bonds is 5. The third-order valence-corrected chi connectivity index (χ3v) is 5.09. The zero-order valence-corrected chi connectivity index (χ0v) is 15.1. The summed E-state index contributed by atoms with van der Waals surface area (Å²) in [5.74, 6) is -0.319. The third-order valence-electron chi connectivity index (χ3n) is 4.00. The zero-order chi connectivity index (χ0) is 18.6. The number of thiazole rings is 1. The second-order valence-electron chi connectivity index (χ2n) is 5.89. The normalized spacial score (nSPS) is 10.8. The summed E-state index contributed by atoms with van der Waals surface area (Å²) in [6, 6.07) is 19.8. The molecule has 7 heteroatoms. The lowest BCUT2D eigenvalue weighted by Gasteiger charge is -2.07. The summed E-state index contributed by atoms with van der Waals surface area (Å²) in [5.41, 5.74) is 1.50. The number of fused-ring (bicyclic) bond motifs is 1. The lowest BCUT2D eigenvalue weighted by atomic mass is 10.3. The molecule has 0 radical (unpaired) electrons. The molecule has 0 bridgehead atoms. The van der Waals surface area contributed by atoms with E-state index in [0.717, 1.165) is 15.2 Å². The fourth-order valence-corrected chi connectivity index (χ4v) is 3.65. The molecule has 27 heavy (non-hydrogen) atoms. The number of benzene rings is 2. The molecule has 1 N–H and O–H groups in total. The quantitative estimate of drug-likeness (QED) is 0.581. The predicted octanol–water partition coefficient (Wildman–Crippen LogP) is 2.81. The van der Waals surface area contributed by atoms with Crippen LogP contribution in [0.15, 0.2) is 71.5 Å². The minimum Gasteiger partial charge on any atom is -0.350 e. The number of para-hydroxylation sites is 2. The van der Waals surface area contributed by atoms with Gasteiger partial charge in [0.2, 0.25) is 0 Å². The van der Waals surface area contributed by atoms with E-state index >= 15 is 0 Å². The number of hydrogen-bond acceptors (Lipinski definition) is 5. The molecule has 2 aromatic heterocycles. The van der Waals surface area contributed by atoms with Crippen LogP contribution < -0.4 is 10.9 Å². The second-order valence-corrected chi connectivity index (χ2v) is 7.00. The van der Waals surface area contributed by atoms with E-state index in [2.05, 4.69) is 15.4 Å². The summed E-state index contributed by atoms with van der Waals surface area (Å²) >= 11 is 1.62. The Bertz CT molecular complexity index is 1120. The Labute approximate surface area is 159 Å². The molecule has 0 unspecified atom stereocenters. The van der Waals surface area contributed by atoms with Crippen LogP contribution in [0.5, 0.6) is 0 Å². The molecule has 6 nitrogen and oxygen atoms in total. The van der Waals surface area contributed by atoms with Gasteiger partial charge in [0.15, 0.2) is 0 Å². The van der Waals surface area contributed by atoms with Gasteiger partial charge in [0, 0.05) is 19.0 Å². The van der Waals surface area contributed by atoms with Gasteiger partial charge in [-0.1, -0.05) is 30.3 Å². The number of hydrogen-bond donors (Lipinski definition) is 1. The van der Waals surface area contributed by atoms with Crippen molar-refractivity contribution >= 4 is 27.5 Å². The summed E-state index contributed by atoms with van der Waals surface area (Å²) < 4.78 is 2.36. The number of carbonyl (C=O) groups excluding carboxylic acids is 1. The molecule has 4 aromatic rings. The Morgan fingerprint density at radius 2 is 1.78 bits per heavy atom. The first-order valence-electron chi connectivity index (χ1n) is 8.49. The minimum atomic E-state index is -0.319. The number of nitrogens with one attached hydrogen (secondary N) is 1. The Balaban J connectivity index is 1.44. The summed E-state index contributed by atoms with van der Waals surface area (Å²) in [4.78, 5) is 29.0. The highest BCUT2D eigenvalue weighted by atomic mass is 32.1. The molecule has 0 saturated heterocycles. The monoisotopic (exact) mass is 376 g/mol. The van der Waals surface area contributed by atoms with Crippen molar-refractivity contribution in [3.8, 4) is 5.69 Å². The molecule has 0 aliphatic rings. The van der Waals surface area contributed by atoms with Crippen molar-refractivity contribution in [2.24, 2.45) is 0 Å². The fraction of sp³-hybridized carbons (Fsp3) is 0.100. The van der Waals surface area contributed by atoms with Crippen molar-refractivity contribution in [1.82, 2.24) is 20.1 Å². The van der Waals surface area contributed by atoms with E-state index in [0.29, 0.717) is 18.7 Å². The molecule has 0 aliphatic heterocycles. The van der Waals surface area contributed by atoms with E-state index in [1.165, 1.54) is 16.8 Å². The third kappa shape index (κ3) is 3.78. The molecule has 0 aliphatic carbocycles. The number of carbonyl (C=O) groups is 1. The van der Waals surface area contributed by atoms with Gasteiger partial charge in [-0.2, -0.15) is 9.78 Å². The van der Waals surface area contributed by atoms with Gasteiger partial charge in [-0.05, 0) is 30.3 Å². The van der Waals surface area contributed by atoms with Crippen LogP contribution in [-0.4, -0.2) is 27.2 Å². The second kappa shape index (κ2) is 7.51. The average Bonchev–Trinajstić information content (AvgIpc) is 3.11. The highest BCUT2D eigenvalue weighted by molar-refractivity contribution is 7.18. The van der Waals surface area contributed by atoms with Gasteiger partial charge in [-0.3, -0.25) is 9.59 Å². The first-order chi connectivity index (χ1) is 13.2. The lowest BCUT2D eigenvalue weighted by molar-refractivity contribution is 0.0947. The highest BCUT2D eigenvalue weighted by Gasteiger charge is 2.11. The molecule has 0 saturated carbocycles. The van der Waals surface area contributed by atoms with Crippen molar-refractivity contribution in [2.45, 2.75) is 6.42 Å². The van der Waals surface area contributed by atoms with Crippen LogP contribution in [0.25, 0.3) is 15.9 Å². The molecule has 134 valence electrons. The van der Waals surface area contributed by atoms with E-state index < -0.39 is 0 Å². The van der Waals surface area contributed by atoms with Crippen LogP contribution in [0.2, 0.25) is 0 Å². The minimum absolute atomic E-state index is 0.197. The van der Waals surface area contributed by atoms with E-state index in [1.807, 2.05) is 42.5 Å². The number of aromatic nitrogens is 3. The molecular weight excluding hydrogens is 360 g/mol. The largest absolute Gasteiger partial charge is 0.350 e. The molecule has 0 atom stereocenters. The Morgan fingerprint density at radius 3 is 2.59 bits per heavy atom. The lowest BCUT2D eigenvalue weighted by Crippen LogP contribution is -2.30. The molecular formula is C20H16N4O2S. The van der Waals surface area contributed by atoms with Gasteiger partial charge in [-0.15, -0.1) is 11.3 Å². The van der Waals surface area contributed by atoms with Crippen molar-refractivity contribution in [3.63, 3.8) is 0 Å². The predicted molar refractivity (Wildman–Crippen MR) is 105 cm³/mol. The maximum Gasteiger partial charge on any atom is 0.271 e. The van der Waals surface area contributed by atoms with E-state index in [9.17, 15) is 9.59 Å². The summed E-state index contributed by atoms with van der Waals surface area (Å²) in [7, 11) is 0. The van der Waals surface area contributed by atoms with Crippen molar-refractivity contribution in [3.05, 3.63) is 87.8 Å². The maximum atomic E-state index is 12.4. The number of amides is 1. The molecule has 1 amide bonds. The molecule has 0 spiro atoms. The smallest absolute Gasteiger partial charge is 0.271 e. The van der Waals surface area contributed by atoms with Gasteiger partial charge in [0.05, 0.1) is 20.9 Å². The van der Waals surface area contributed by atoms with E-state index in [1.54, 1.807) is 23.5 Å². The van der Waals surface area contributed by atoms with Crippen molar-refractivity contribution in [2.75, 3.05) is 6.54 Å². The van der Waals surface area contributed by atoms with Crippen LogP contribution in [-0.2, 0) is 6.42 Å². The average molecular weight is 376 g/mol. The van der Waals surface area contributed by atoms with Gasteiger partial charge >= 0.3 is 0 Å². The Morgan fingerprint density at radius 1 is 1.00 bits per heavy atom. The number of nitrogens with zero attached hydrogens (tertiary/aromatic N) is 3. The SMILES string of the molecule is O=C(NCCc1nc2ccccc2s1)c1ccc(=O)n(-c2ccccc2)n1. The van der Waals surface area contributed by atoms with Gasteiger partial charge in [0.1, 0.15) is 5.69 Å². The molecule has 2 heterocycles. The highest BCUT2D eigenvalue weighted by Crippen LogP contribution is 2.21. The Kier molecular flexibility index (Phi) is 4.76. The van der Waals surface area contributed by atoms with Crippen molar-refractivity contribution in [1.29, 1.82) is 0 Å². The summed E-state index contributed by atoms with van der Waals surface area (Å²) in [6.07, 6.45) is 0.642. The molecule has 4 rings (SSSR count). The zero-order valence-electron chi connectivity index (χ0n) is 14.3. The molecule has 2 aromatic carbocycles.